The zero-order valence-corrected chi connectivity index (χ0v) is 29.4. The summed E-state index contributed by atoms with van der Waals surface area (Å²) >= 11 is 6.21. The first kappa shape index (κ1) is 35.7. The zero-order chi connectivity index (χ0) is 34.4. The molecular formula is C38H53ClN4O6. The molecule has 0 bridgehead atoms. The van der Waals surface area contributed by atoms with Crippen LogP contribution in [0.25, 0.3) is 0 Å². The standard InChI is InChI=1S/C38H53ClN4O6/c39-28-13-7-11-25(20-28)19-26-12-8-14-32(26)49-37(48)42-31(21-24-9-3-1-4-10-24)35(46)41-30(33(44)36(47)40-29-15-16-29)22-27-23-38(43-34(27)45)17-5-2-6-18-38/h7,11,13,20,24,26-27,29-32H,1-6,8-10,12,14-19,21-23H2,(H,40,47)(H,41,46)(H,42,48)(H,43,45)/t26?,27?,30?,31-,32?/m0/s1. The lowest BCUT2D eigenvalue weighted by atomic mass is 9.78. The quantitative estimate of drug-likeness (QED) is 0.196. The van der Waals surface area contributed by atoms with Gasteiger partial charge in [0.1, 0.15) is 12.1 Å². The molecule has 1 aromatic rings. The lowest BCUT2D eigenvalue weighted by Crippen LogP contribution is -2.55. The van der Waals surface area contributed by atoms with E-state index in [9.17, 15) is 24.0 Å². The van der Waals surface area contributed by atoms with E-state index >= 15 is 0 Å². The van der Waals surface area contributed by atoms with Gasteiger partial charge in [0.25, 0.3) is 5.91 Å². The minimum absolute atomic E-state index is 0.0260. The fourth-order valence-electron chi connectivity index (χ4n) is 8.82. The molecule has 1 aromatic carbocycles. The predicted octanol–water partition coefficient (Wildman–Crippen LogP) is 5.68. The molecule has 268 valence electrons. The summed E-state index contributed by atoms with van der Waals surface area (Å²) in [6.07, 6.45) is 15.3. The van der Waals surface area contributed by atoms with Gasteiger partial charge < -0.3 is 26.0 Å². The Morgan fingerprint density at radius 2 is 1.63 bits per heavy atom. The number of ether oxygens (including phenoxy) is 1. The van der Waals surface area contributed by atoms with E-state index < -0.39 is 41.7 Å². The summed E-state index contributed by atoms with van der Waals surface area (Å²) in [5, 5.41) is 12.3. The van der Waals surface area contributed by atoms with Crippen LogP contribution in [0, 0.1) is 17.8 Å². The highest BCUT2D eigenvalue weighted by atomic mass is 35.5. The Bertz CT molecular complexity index is 1370. The molecule has 4 amide bonds. The van der Waals surface area contributed by atoms with E-state index in [1.165, 1.54) is 0 Å². The van der Waals surface area contributed by atoms with Gasteiger partial charge in [0.2, 0.25) is 17.6 Å². The largest absolute Gasteiger partial charge is 0.446 e. The summed E-state index contributed by atoms with van der Waals surface area (Å²) in [7, 11) is 0. The first-order chi connectivity index (χ1) is 23.7. The van der Waals surface area contributed by atoms with Crippen LogP contribution < -0.4 is 21.3 Å². The summed E-state index contributed by atoms with van der Waals surface area (Å²) in [4.78, 5) is 67.3. The lowest BCUT2D eigenvalue weighted by molar-refractivity contribution is -0.141. The molecule has 5 fully saturated rings. The number of hydrogen-bond donors (Lipinski definition) is 4. The molecule has 0 aromatic heterocycles. The number of amides is 4. The fraction of sp³-hybridized carbons (Fsp3) is 0.711. The van der Waals surface area contributed by atoms with Crippen molar-refractivity contribution in [2.24, 2.45) is 17.8 Å². The molecule has 4 unspecified atom stereocenters. The number of carbonyl (C=O) groups is 5. The SMILES string of the molecule is O=C(N[C@@H](CC1CCCCC1)C(=O)NC(CC1CC2(CCCCC2)NC1=O)C(=O)C(=O)NC1CC1)OC1CCCC1Cc1cccc(Cl)c1. The first-order valence-electron chi connectivity index (χ1n) is 18.8. The first-order valence-corrected chi connectivity index (χ1v) is 19.2. The van der Waals surface area contributed by atoms with E-state index in [-0.39, 0.29) is 41.8 Å². The summed E-state index contributed by atoms with van der Waals surface area (Å²) in [6, 6.07) is 5.59. The van der Waals surface area contributed by atoms with Gasteiger partial charge in [-0.05, 0) is 94.2 Å². The molecule has 0 radical (unpaired) electrons. The number of rotatable bonds is 13. The molecule has 5 aliphatic rings. The average molecular weight is 697 g/mol. The van der Waals surface area contributed by atoms with Gasteiger partial charge in [-0.2, -0.15) is 0 Å². The molecule has 1 saturated heterocycles. The van der Waals surface area contributed by atoms with Crippen molar-refractivity contribution in [1.82, 2.24) is 21.3 Å². The maximum atomic E-state index is 14.1. The van der Waals surface area contributed by atoms with Crippen molar-refractivity contribution in [2.75, 3.05) is 0 Å². The molecule has 10 nitrogen and oxygen atoms in total. The van der Waals surface area contributed by atoms with Gasteiger partial charge in [0.15, 0.2) is 0 Å². The molecule has 6 rings (SSSR count). The summed E-state index contributed by atoms with van der Waals surface area (Å²) in [5.41, 5.74) is 0.822. The van der Waals surface area contributed by atoms with Gasteiger partial charge >= 0.3 is 6.09 Å². The van der Waals surface area contributed by atoms with Crippen molar-refractivity contribution >= 4 is 41.2 Å². The second-order valence-electron chi connectivity index (χ2n) is 15.5. The van der Waals surface area contributed by atoms with Crippen LogP contribution in [-0.2, 0) is 30.3 Å². The Kier molecular flexibility index (Phi) is 11.8. The van der Waals surface area contributed by atoms with E-state index in [2.05, 4.69) is 21.3 Å². The third kappa shape index (κ3) is 9.77. The maximum absolute atomic E-state index is 14.1. The van der Waals surface area contributed by atoms with Crippen LogP contribution in [0.1, 0.15) is 121 Å². The number of alkyl carbamates (subject to hydrolysis) is 1. The Morgan fingerprint density at radius 1 is 0.878 bits per heavy atom. The van der Waals surface area contributed by atoms with Crippen LogP contribution in [0.2, 0.25) is 5.02 Å². The number of ketones is 1. The predicted molar refractivity (Wildman–Crippen MR) is 186 cm³/mol. The van der Waals surface area contributed by atoms with Crippen molar-refractivity contribution in [1.29, 1.82) is 0 Å². The van der Waals surface area contributed by atoms with E-state index in [1.54, 1.807) is 0 Å². The van der Waals surface area contributed by atoms with Gasteiger partial charge in [0, 0.05) is 28.4 Å². The number of benzene rings is 1. The molecule has 1 aliphatic heterocycles. The lowest BCUT2D eigenvalue weighted by Gasteiger charge is -2.33. The molecule has 49 heavy (non-hydrogen) atoms. The van der Waals surface area contributed by atoms with E-state index in [0.29, 0.717) is 17.9 Å². The fourth-order valence-corrected chi connectivity index (χ4v) is 9.03. The van der Waals surface area contributed by atoms with Crippen LogP contribution in [0.15, 0.2) is 24.3 Å². The van der Waals surface area contributed by atoms with Gasteiger partial charge in [-0.3, -0.25) is 19.2 Å². The van der Waals surface area contributed by atoms with Crippen molar-refractivity contribution in [3.63, 3.8) is 0 Å². The highest BCUT2D eigenvalue weighted by molar-refractivity contribution is 6.38. The number of carbonyl (C=O) groups excluding carboxylic acids is 5. The Balaban J connectivity index is 1.14. The second-order valence-corrected chi connectivity index (χ2v) is 16.0. The van der Waals surface area contributed by atoms with Crippen LogP contribution >= 0.6 is 11.6 Å². The molecule has 4 saturated carbocycles. The summed E-state index contributed by atoms with van der Waals surface area (Å²) < 4.78 is 5.98. The monoisotopic (exact) mass is 696 g/mol. The molecule has 1 spiro atoms. The third-order valence-electron chi connectivity index (χ3n) is 11.6. The van der Waals surface area contributed by atoms with Crippen molar-refractivity contribution in [3.05, 3.63) is 34.9 Å². The highest BCUT2D eigenvalue weighted by Crippen LogP contribution is 2.39. The number of hydrogen-bond acceptors (Lipinski definition) is 6. The van der Waals surface area contributed by atoms with Crippen LogP contribution in [0.4, 0.5) is 4.79 Å². The molecule has 11 heteroatoms. The molecule has 4 N–H and O–H groups in total. The van der Waals surface area contributed by atoms with Crippen LogP contribution in [-0.4, -0.2) is 59.4 Å². The van der Waals surface area contributed by atoms with E-state index in [0.717, 1.165) is 108 Å². The average Bonchev–Trinajstić information content (AvgIpc) is 3.72. The van der Waals surface area contributed by atoms with Crippen LogP contribution in [0.3, 0.4) is 0 Å². The number of Topliss-reactive ketones (excluding diaryl/α,β-unsaturated/α-hetero) is 1. The Morgan fingerprint density at radius 3 is 2.37 bits per heavy atom. The second kappa shape index (κ2) is 16.3. The third-order valence-corrected chi connectivity index (χ3v) is 11.9. The Labute approximate surface area is 295 Å². The van der Waals surface area contributed by atoms with Gasteiger partial charge in [-0.1, -0.05) is 75.1 Å². The maximum Gasteiger partial charge on any atom is 0.408 e. The molecule has 5 atom stereocenters. The highest BCUT2D eigenvalue weighted by Gasteiger charge is 2.46. The van der Waals surface area contributed by atoms with Crippen molar-refractivity contribution in [2.45, 2.75) is 152 Å². The topological polar surface area (TPSA) is 143 Å². The molecule has 1 heterocycles. The number of halogens is 1. The van der Waals surface area contributed by atoms with E-state index in [1.807, 2.05) is 24.3 Å². The Hall–Kier alpha value is -3.14. The van der Waals surface area contributed by atoms with Gasteiger partial charge in [-0.25, -0.2) is 4.79 Å². The van der Waals surface area contributed by atoms with Gasteiger partial charge in [-0.15, -0.1) is 0 Å². The molecular weight excluding hydrogens is 644 g/mol. The molecule has 4 aliphatic carbocycles. The minimum Gasteiger partial charge on any atom is -0.446 e. The smallest absolute Gasteiger partial charge is 0.408 e. The summed E-state index contributed by atoms with van der Waals surface area (Å²) in [6.45, 7) is 0. The van der Waals surface area contributed by atoms with Crippen LogP contribution in [0.5, 0.6) is 0 Å². The normalized spacial score (nSPS) is 26.4. The number of nitrogens with one attached hydrogen (secondary N) is 4. The van der Waals surface area contributed by atoms with Crippen molar-refractivity contribution < 1.29 is 28.7 Å². The van der Waals surface area contributed by atoms with E-state index in [4.69, 9.17) is 16.3 Å². The van der Waals surface area contributed by atoms with Gasteiger partial charge in [0.05, 0.1) is 6.04 Å². The summed E-state index contributed by atoms with van der Waals surface area (Å²) in [5.74, 6) is -2.23. The zero-order valence-electron chi connectivity index (χ0n) is 28.6. The van der Waals surface area contributed by atoms with Crippen molar-refractivity contribution in [3.8, 4) is 0 Å². The minimum atomic E-state index is -1.18.